The van der Waals surface area contributed by atoms with E-state index in [1.807, 2.05) is 6.92 Å². The molecule has 0 saturated heterocycles. The van der Waals surface area contributed by atoms with Crippen LogP contribution >= 0.6 is 11.6 Å². The Labute approximate surface area is 129 Å². The van der Waals surface area contributed by atoms with Crippen molar-refractivity contribution in [3.05, 3.63) is 64.2 Å². The number of benzene rings is 2. The fourth-order valence-corrected chi connectivity index (χ4v) is 3.20. The topological polar surface area (TPSA) is 66.4 Å². The monoisotopic (exact) mass is 325 g/mol. The van der Waals surface area contributed by atoms with E-state index in [9.17, 15) is 8.42 Å². The predicted molar refractivity (Wildman–Crippen MR) is 84.8 cm³/mol. The molecule has 2 rings (SSSR count). The van der Waals surface area contributed by atoms with Crippen LogP contribution in [0, 0.1) is 6.92 Å². The Bertz CT molecular complexity index is 727. The Morgan fingerprint density at radius 3 is 2.29 bits per heavy atom. The predicted octanol–water partition coefficient (Wildman–Crippen LogP) is 3.08. The second-order valence-corrected chi connectivity index (χ2v) is 6.93. The van der Waals surface area contributed by atoms with E-state index < -0.39 is 10.0 Å². The van der Waals surface area contributed by atoms with Crippen LogP contribution in [0.25, 0.3) is 0 Å². The van der Waals surface area contributed by atoms with Crippen molar-refractivity contribution in [3.8, 4) is 0 Å². The highest BCUT2D eigenvalue weighted by Crippen LogP contribution is 2.21. The maximum atomic E-state index is 12.1. The molecule has 2 aromatic rings. The van der Waals surface area contributed by atoms with Gasteiger partial charge in [0.1, 0.15) is 0 Å². The number of anilines is 1. The van der Waals surface area contributed by atoms with Crippen LogP contribution in [0.4, 0.5) is 5.69 Å². The molecule has 0 aliphatic heterocycles. The van der Waals surface area contributed by atoms with Crippen molar-refractivity contribution in [3.63, 3.8) is 0 Å². The number of nitrogens with one attached hydrogen (secondary N) is 1. The Hall–Kier alpha value is -1.56. The van der Waals surface area contributed by atoms with Gasteiger partial charge >= 0.3 is 0 Å². The molecule has 0 aliphatic carbocycles. The normalized spacial score (nSPS) is 11.4. The van der Waals surface area contributed by atoms with Crippen LogP contribution in [0.3, 0.4) is 0 Å². The summed E-state index contributed by atoms with van der Waals surface area (Å²) in [6, 6.07) is 11.8. The summed E-state index contributed by atoms with van der Waals surface area (Å²) in [5, 5.41) is 9.48. The molecule has 0 atom stereocenters. The second-order valence-electron chi connectivity index (χ2n) is 4.80. The fraction of sp³-hybridized carbons (Fsp3) is 0.200. The number of rotatable bonds is 5. The largest absolute Gasteiger partial charge is 0.392 e. The molecule has 112 valence electrons. The Morgan fingerprint density at radius 1 is 1.10 bits per heavy atom. The molecule has 0 heterocycles. The summed E-state index contributed by atoms with van der Waals surface area (Å²) in [5.74, 6) is -0.135. The zero-order chi connectivity index (χ0) is 15.5. The standard InChI is InChI=1S/C15H16ClNO3S/c1-11-2-7-14(8-15(11)16)17-21(19,20)10-13-5-3-12(9-18)4-6-13/h2-8,17-18H,9-10H2,1H3. The SMILES string of the molecule is Cc1ccc(NS(=O)(=O)Cc2ccc(CO)cc2)cc1Cl. The lowest BCUT2D eigenvalue weighted by Gasteiger charge is -2.09. The van der Waals surface area contributed by atoms with Crippen molar-refractivity contribution in [2.75, 3.05) is 4.72 Å². The molecular formula is C15H16ClNO3S. The van der Waals surface area contributed by atoms with Gasteiger partial charge in [-0.05, 0) is 35.7 Å². The summed E-state index contributed by atoms with van der Waals surface area (Å²) in [6.07, 6.45) is 0. The molecule has 2 aromatic carbocycles. The van der Waals surface area contributed by atoms with E-state index in [4.69, 9.17) is 16.7 Å². The molecule has 0 bridgehead atoms. The minimum atomic E-state index is -3.51. The van der Waals surface area contributed by atoms with Gasteiger partial charge in [-0.2, -0.15) is 0 Å². The first-order valence-electron chi connectivity index (χ1n) is 6.35. The van der Waals surface area contributed by atoms with Gasteiger partial charge in [0.25, 0.3) is 0 Å². The van der Waals surface area contributed by atoms with Gasteiger partial charge in [-0.15, -0.1) is 0 Å². The maximum absolute atomic E-state index is 12.1. The van der Waals surface area contributed by atoms with Crippen LogP contribution in [0.2, 0.25) is 5.02 Å². The summed E-state index contributed by atoms with van der Waals surface area (Å²) in [7, 11) is -3.51. The van der Waals surface area contributed by atoms with Crippen LogP contribution < -0.4 is 4.72 Å². The summed E-state index contributed by atoms with van der Waals surface area (Å²) in [5.41, 5.74) is 2.73. The van der Waals surface area contributed by atoms with E-state index in [2.05, 4.69) is 4.72 Å². The van der Waals surface area contributed by atoms with Crippen molar-refractivity contribution >= 4 is 27.3 Å². The van der Waals surface area contributed by atoms with Gasteiger partial charge < -0.3 is 5.11 Å². The van der Waals surface area contributed by atoms with E-state index in [1.54, 1.807) is 42.5 Å². The molecule has 0 spiro atoms. The van der Waals surface area contributed by atoms with E-state index in [0.717, 1.165) is 11.1 Å². The van der Waals surface area contributed by atoms with E-state index in [0.29, 0.717) is 16.3 Å². The van der Waals surface area contributed by atoms with Crippen molar-refractivity contribution < 1.29 is 13.5 Å². The maximum Gasteiger partial charge on any atom is 0.236 e. The molecule has 0 aliphatic rings. The molecule has 0 saturated carbocycles. The second kappa shape index (κ2) is 6.47. The third-order valence-corrected chi connectivity index (χ3v) is 4.67. The number of aliphatic hydroxyl groups excluding tert-OH is 1. The molecule has 6 heteroatoms. The van der Waals surface area contributed by atoms with Gasteiger partial charge in [-0.3, -0.25) is 4.72 Å². The first kappa shape index (κ1) is 15.8. The van der Waals surface area contributed by atoms with Gasteiger partial charge in [0.15, 0.2) is 0 Å². The number of hydrogen-bond donors (Lipinski definition) is 2. The minimum Gasteiger partial charge on any atom is -0.392 e. The lowest BCUT2D eigenvalue weighted by molar-refractivity contribution is 0.282. The van der Waals surface area contributed by atoms with Crippen LogP contribution in [0.1, 0.15) is 16.7 Å². The van der Waals surface area contributed by atoms with Crippen molar-refractivity contribution in [2.45, 2.75) is 19.3 Å². The third kappa shape index (κ3) is 4.46. The van der Waals surface area contributed by atoms with Gasteiger partial charge in [0.05, 0.1) is 12.4 Å². The van der Waals surface area contributed by atoms with Crippen molar-refractivity contribution in [1.82, 2.24) is 0 Å². The van der Waals surface area contributed by atoms with Crippen molar-refractivity contribution in [2.24, 2.45) is 0 Å². The average Bonchev–Trinajstić information content (AvgIpc) is 2.43. The van der Waals surface area contributed by atoms with Gasteiger partial charge in [0, 0.05) is 10.7 Å². The van der Waals surface area contributed by atoms with Gasteiger partial charge in [-0.25, -0.2) is 8.42 Å². The molecule has 0 unspecified atom stereocenters. The van der Waals surface area contributed by atoms with E-state index in [1.165, 1.54) is 0 Å². The lowest BCUT2D eigenvalue weighted by atomic mass is 10.2. The molecule has 0 radical (unpaired) electrons. The smallest absolute Gasteiger partial charge is 0.236 e. The summed E-state index contributed by atoms with van der Waals surface area (Å²) >= 11 is 5.98. The van der Waals surface area contributed by atoms with Crippen LogP contribution in [-0.2, 0) is 22.4 Å². The highest BCUT2D eigenvalue weighted by Gasteiger charge is 2.12. The first-order chi connectivity index (χ1) is 9.89. The van der Waals surface area contributed by atoms with Gasteiger partial charge in [-0.1, -0.05) is 41.9 Å². The molecule has 0 aromatic heterocycles. The third-order valence-electron chi connectivity index (χ3n) is 3.01. The molecule has 4 nitrogen and oxygen atoms in total. The summed E-state index contributed by atoms with van der Waals surface area (Å²) in [6.45, 7) is 1.79. The van der Waals surface area contributed by atoms with Gasteiger partial charge in [0.2, 0.25) is 10.0 Å². The van der Waals surface area contributed by atoms with Crippen molar-refractivity contribution in [1.29, 1.82) is 0 Å². The zero-order valence-electron chi connectivity index (χ0n) is 11.5. The lowest BCUT2D eigenvalue weighted by Crippen LogP contribution is -2.15. The number of hydrogen-bond acceptors (Lipinski definition) is 3. The summed E-state index contributed by atoms with van der Waals surface area (Å²) < 4.78 is 26.7. The average molecular weight is 326 g/mol. The Morgan fingerprint density at radius 2 is 1.71 bits per heavy atom. The Kier molecular flexibility index (Phi) is 4.88. The number of sulfonamides is 1. The molecule has 2 N–H and O–H groups in total. The van der Waals surface area contributed by atoms with Crippen LogP contribution in [0.15, 0.2) is 42.5 Å². The molecule has 0 fully saturated rings. The summed E-state index contributed by atoms with van der Waals surface area (Å²) in [4.78, 5) is 0. The Balaban J connectivity index is 2.12. The van der Waals surface area contributed by atoms with E-state index in [-0.39, 0.29) is 12.4 Å². The van der Waals surface area contributed by atoms with E-state index >= 15 is 0 Å². The number of halogens is 1. The minimum absolute atomic E-state index is 0.0624. The van der Waals surface area contributed by atoms with Crippen LogP contribution in [0.5, 0.6) is 0 Å². The first-order valence-corrected chi connectivity index (χ1v) is 8.38. The molecule has 21 heavy (non-hydrogen) atoms. The zero-order valence-corrected chi connectivity index (χ0v) is 13.1. The number of aliphatic hydroxyl groups is 1. The fourth-order valence-electron chi connectivity index (χ4n) is 1.83. The molecule has 0 amide bonds. The van der Waals surface area contributed by atoms with Crippen LogP contribution in [-0.4, -0.2) is 13.5 Å². The number of aryl methyl sites for hydroxylation is 1. The highest BCUT2D eigenvalue weighted by atomic mass is 35.5. The quantitative estimate of drug-likeness (QED) is 0.887. The highest BCUT2D eigenvalue weighted by molar-refractivity contribution is 7.91. The molecular weight excluding hydrogens is 310 g/mol.